The van der Waals surface area contributed by atoms with Crippen molar-refractivity contribution in [2.75, 3.05) is 26.2 Å². The van der Waals surface area contributed by atoms with Crippen molar-refractivity contribution in [2.24, 2.45) is 5.41 Å². The van der Waals surface area contributed by atoms with Gasteiger partial charge in [-0.25, -0.2) is 0 Å². The van der Waals surface area contributed by atoms with E-state index in [4.69, 9.17) is 0 Å². The van der Waals surface area contributed by atoms with Gasteiger partial charge in [-0.1, -0.05) is 24.3 Å². The van der Waals surface area contributed by atoms with Gasteiger partial charge < -0.3 is 5.32 Å². The molecular formula is C16H24N2. The molecule has 1 aromatic carbocycles. The highest BCUT2D eigenvalue weighted by Crippen LogP contribution is 2.39. The molecule has 1 spiro atoms. The maximum absolute atomic E-state index is 3.49. The largest absolute Gasteiger partial charge is 0.317 e. The van der Waals surface area contributed by atoms with Gasteiger partial charge in [0.15, 0.2) is 0 Å². The Morgan fingerprint density at radius 2 is 1.94 bits per heavy atom. The Morgan fingerprint density at radius 1 is 1.17 bits per heavy atom. The molecule has 0 aliphatic carbocycles. The van der Waals surface area contributed by atoms with E-state index >= 15 is 0 Å². The van der Waals surface area contributed by atoms with Crippen molar-refractivity contribution in [2.45, 2.75) is 32.7 Å². The van der Waals surface area contributed by atoms with E-state index in [-0.39, 0.29) is 0 Å². The molecule has 0 aromatic heterocycles. The zero-order valence-electron chi connectivity index (χ0n) is 11.4. The van der Waals surface area contributed by atoms with Crippen LogP contribution < -0.4 is 5.32 Å². The van der Waals surface area contributed by atoms with Crippen LogP contribution in [0.3, 0.4) is 0 Å². The number of aryl methyl sites for hydroxylation is 1. The lowest BCUT2D eigenvalue weighted by Crippen LogP contribution is -2.38. The van der Waals surface area contributed by atoms with Gasteiger partial charge in [0.05, 0.1) is 0 Å². The highest BCUT2D eigenvalue weighted by Gasteiger charge is 2.38. The summed E-state index contributed by atoms with van der Waals surface area (Å²) in [5.41, 5.74) is 3.57. The van der Waals surface area contributed by atoms with E-state index in [9.17, 15) is 0 Å². The Kier molecular flexibility index (Phi) is 3.40. The van der Waals surface area contributed by atoms with Crippen molar-refractivity contribution in [3.8, 4) is 0 Å². The molecule has 2 aliphatic heterocycles. The minimum atomic E-state index is 0.633. The van der Waals surface area contributed by atoms with Gasteiger partial charge in [-0.15, -0.1) is 0 Å². The molecule has 0 bridgehead atoms. The second-order valence-electron chi connectivity index (χ2n) is 6.14. The molecule has 2 fully saturated rings. The number of nitrogens with zero attached hydrogens (tertiary/aromatic N) is 1. The monoisotopic (exact) mass is 244 g/mol. The van der Waals surface area contributed by atoms with Crippen LogP contribution in [-0.2, 0) is 6.54 Å². The van der Waals surface area contributed by atoms with Gasteiger partial charge in [0.1, 0.15) is 0 Å². The Labute approximate surface area is 110 Å². The third-order valence-electron chi connectivity index (χ3n) is 4.84. The summed E-state index contributed by atoms with van der Waals surface area (Å²) in [6, 6.07) is 8.81. The predicted molar refractivity (Wildman–Crippen MR) is 75.6 cm³/mol. The summed E-state index contributed by atoms with van der Waals surface area (Å²) in [5, 5.41) is 3.49. The van der Waals surface area contributed by atoms with Gasteiger partial charge in [-0.2, -0.15) is 0 Å². The smallest absolute Gasteiger partial charge is 0.0236 e. The van der Waals surface area contributed by atoms with Crippen LogP contribution in [0.4, 0.5) is 0 Å². The third-order valence-corrected chi connectivity index (χ3v) is 4.84. The Bertz CT molecular complexity index is 407. The number of hydrogen-bond donors (Lipinski definition) is 1. The van der Waals surface area contributed by atoms with Crippen molar-refractivity contribution < 1.29 is 0 Å². The maximum Gasteiger partial charge on any atom is 0.0236 e. The third kappa shape index (κ3) is 2.45. The fraction of sp³-hybridized carbons (Fsp3) is 0.625. The first-order valence-corrected chi connectivity index (χ1v) is 7.25. The number of nitrogens with one attached hydrogen (secondary N) is 1. The summed E-state index contributed by atoms with van der Waals surface area (Å²) in [4.78, 5) is 2.66. The van der Waals surface area contributed by atoms with Gasteiger partial charge in [-0.05, 0) is 62.4 Å². The molecule has 2 heteroatoms. The first-order valence-electron chi connectivity index (χ1n) is 7.25. The van der Waals surface area contributed by atoms with Gasteiger partial charge in [-0.3, -0.25) is 4.90 Å². The normalized spacial score (nSPS) is 23.6. The second kappa shape index (κ2) is 5.02. The molecule has 0 unspecified atom stereocenters. The Hall–Kier alpha value is -0.860. The first-order chi connectivity index (χ1) is 8.77. The zero-order chi connectivity index (χ0) is 12.4. The molecule has 3 rings (SSSR count). The van der Waals surface area contributed by atoms with E-state index in [1.807, 2.05) is 0 Å². The number of rotatable bonds is 2. The second-order valence-corrected chi connectivity index (χ2v) is 6.14. The van der Waals surface area contributed by atoms with E-state index in [2.05, 4.69) is 41.4 Å². The highest BCUT2D eigenvalue weighted by atomic mass is 15.2. The number of benzene rings is 1. The van der Waals surface area contributed by atoms with Gasteiger partial charge >= 0.3 is 0 Å². The molecule has 0 radical (unpaired) electrons. The van der Waals surface area contributed by atoms with Crippen molar-refractivity contribution in [1.29, 1.82) is 0 Å². The van der Waals surface area contributed by atoms with E-state index in [0.717, 1.165) is 6.54 Å². The van der Waals surface area contributed by atoms with Crippen LogP contribution in [-0.4, -0.2) is 31.1 Å². The maximum atomic E-state index is 3.49. The fourth-order valence-electron chi connectivity index (χ4n) is 3.56. The molecule has 98 valence electrons. The topological polar surface area (TPSA) is 15.3 Å². The standard InChI is InChI=1S/C16H24N2/c1-14-4-2-3-5-15(14)12-18-11-8-16(13-18)6-9-17-10-7-16/h2-5,17H,6-13H2,1H3. The average Bonchev–Trinajstić information content (AvgIpc) is 2.76. The van der Waals surface area contributed by atoms with Crippen LogP contribution in [0.2, 0.25) is 0 Å². The van der Waals surface area contributed by atoms with Crippen molar-refractivity contribution >= 4 is 0 Å². The molecule has 2 saturated heterocycles. The lowest BCUT2D eigenvalue weighted by molar-refractivity contribution is 0.194. The molecule has 1 N–H and O–H groups in total. The lowest BCUT2D eigenvalue weighted by Gasteiger charge is -2.34. The number of piperidine rings is 1. The molecule has 0 atom stereocenters. The van der Waals surface area contributed by atoms with Crippen LogP contribution in [0.15, 0.2) is 24.3 Å². The van der Waals surface area contributed by atoms with E-state index in [0.29, 0.717) is 5.41 Å². The average molecular weight is 244 g/mol. The lowest BCUT2D eigenvalue weighted by atomic mass is 9.78. The fourth-order valence-corrected chi connectivity index (χ4v) is 3.56. The van der Waals surface area contributed by atoms with Crippen molar-refractivity contribution in [3.05, 3.63) is 35.4 Å². The summed E-state index contributed by atoms with van der Waals surface area (Å²) < 4.78 is 0. The quantitative estimate of drug-likeness (QED) is 0.860. The summed E-state index contributed by atoms with van der Waals surface area (Å²) in [5.74, 6) is 0. The van der Waals surface area contributed by atoms with E-state index in [1.165, 1.54) is 56.6 Å². The molecule has 1 aromatic rings. The predicted octanol–water partition coefficient (Wildman–Crippen LogP) is 2.57. The van der Waals surface area contributed by atoms with Crippen LogP contribution >= 0.6 is 0 Å². The number of hydrogen-bond acceptors (Lipinski definition) is 2. The Morgan fingerprint density at radius 3 is 2.72 bits per heavy atom. The van der Waals surface area contributed by atoms with Gasteiger partial charge in [0, 0.05) is 13.1 Å². The molecule has 0 saturated carbocycles. The summed E-state index contributed by atoms with van der Waals surface area (Å²) in [7, 11) is 0. The minimum absolute atomic E-state index is 0.633. The molecule has 18 heavy (non-hydrogen) atoms. The summed E-state index contributed by atoms with van der Waals surface area (Å²) >= 11 is 0. The molecule has 0 amide bonds. The first kappa shape index (κ1) is 12.2. The SMILES string of the molecule is Cc1ccccc1CN1CCC2(CCNCC2)C1. The molecular weight excluding hydrogens is 220 g/mol. The van der Waals surface area contributed by atoms with Gasteiger partial charge in [0.25, 0.3) is 0 Å². The zero-order valence-corrected chi connectivity index (χ0v) is 11.4. The van der Waals surface area contributed by atoms with Crippen LogP contribution in [0.1, 0.15) is 30.4 Å². The Balaban J connectivity index is 1.64. The highest BCUT2D eigenvalue weighted by molar-refractivity contribution is 5.25. The molecule has 2 aliphatic rings. The van der Waals surface area contributed by atoms with Crippen molar-refractivity contribution in [1.82, 2.24) is 10.2 Å². The van der Waals surface area contributed by atoms with Crippen LogP contribution in [0, 0.1) is 12.3 Å². The van der Waals surface area contributed by atoms with E-state index < -0.39 is 0 Å². The minimum Gasteiger partial charge on any atom is -0.317 e. The van der Waals surface area contributed by atoms with E-state index in [1.54, 1.807) is 0 Å². The summed E-state index contributed by atoms with van der Waals surface area (Å²) in [6.45, 7) is 8.40. The number of likely N-dealkylation sites (tertiary alicyclic amines) is 1. The summed E-state index contributed by atoms with van der Waals surface area (Å²) in [6.07, 6.45) is 4.15. The van der Waals surface area contributed by atoms with Crippen LogP contribution in [0.25, 0.3) is 0 Å². The van der Waals surface area contributed by atoms with Crippen molar-refractivity contribution in [3.63, 3.8) is 0 Å². The van der Waals surface area contributed by atoms with Crippen LogP contribution in [0.5, 0.6) is 0 Å². The van der Waals surface area contributed by atoms with Gasteiger partial charge in [0.2, 0.25) is 0 Å². The molecule has 2 heterocycles. The molecule has 2 nitrogen and oxygen atoms in total.